The van der Waals surface area contributed by atoms with Crippen molar-refractivity contribution < 1.29 is 4.79 Å². The molecule has 0 N–H and O–H groups in total. The van der Waals surface area contributed by atoms with Crippen molar-refractivity contribution in [2.45, 2.75) is 142 Å². The molecule has 4 atom stereocenters. The zero-order valence-electron chi connectivity index (χ0n) is 19.4. The summed E-state index contributed by atoms with van der Waals surface area (Å²) < 4.78 is 0. The second-order valence-electron chi connectivity index (χ2n) is 10.2. The predicted octanol–water partition coefficient (Wildman–Crippen LogP) is 8.89. The maximum absolute atomic E-state index is 12.3. The Morgan fingerprint density at radius 2 is 1.04 bits per heavy atom. The standard InChI is InChI=1S/C27H50O/c1-3-13-23-16-9-11-18-25(23)15-7-5-6-8-20-27(28)22-21-26-19-12-10-17-24(26)14-4-2/h23-26H,3-22H2,1-2H3. The highest BCUT2D eigenvalue weighted by Crippen LogP contribution is 2.37. The van der Waals surface area contributed by atoms with Gasteiger partial charge in [-0.2, -0.15) is 0 Å². The van der Waals surface area contributed by atoms with Gasteiger partial charge in [0, 0.05) is 12.8 Å². The van der Waals surface area contributed by atoms with E-state index in [9.17, 15) is 4.79 Å². The second kappa shape index (κ2) is 14.6. The fraction of sp³-hybridized carbons (Fsp3) is 0.963. The monoisotopic (exact) mass is 390 g/mol. The third kappa shape index (κ3) is 9.00. The molecule has 1 nitrogen and oxygen atoms in total. The molecule has 2 aliphatic rings. The highest BCUT2D eigenvalue weighted by molar-refractivity contribution is 5.78. The highest BCUT2D eigenvalue weighted by Gasteiger charge is 2.25. The van der Waals surface area contributed by atoms with Crippen molar-refractivity contribution in [1.82, 2.24) is 0 Å². The Hall–Kier alpha value is -0.330. The van der Waals surface area contributed by atoms with Gasteiger partial charge < -0.3 is 0 Å². The van der Waals surface area contributed by atoms with Crippen molar-refractivity contribution in [2.75, 3.05) is 0 Å². The van der Waals surface area contributed by atoms with Gasteiger partial charge in [0.2, 0.25) is 0 Å². The topological polar surface area (TPSA) is 17.1 Å². The molecule has 0 amide bonds. The van der Waals surface area contributed by atoms with E-state index in [2.05, 4.69) is 13.8 Å². The summed E-state index contributed by atoms with van der Waals surface area (Å²) in [5, 5.41) is 0. The van der Waals surface area contributed by atoms with Gasteiger partial charge in [-0.05, 0) is 36.5 Å². The summed E-state index contributed by atoms with van der Waals surface area (Å²) in [5.41, 5.74) is 0. The lowest BCUT2D eigenvalue weighted by molar-refractivity contribution is -0.119. The van der Waals surface area contributed by atoms with E-state index in [1.807, 2.05) is 0 Å². The zero-order valence-corrected chi connectivity index (χ0v) is 19.4. The predicted molar refractivity (Wildman–Crippen MR) is 123 cm³/mol. The number of ketones is 1. The van der Waals surface area contributed by atoms with Crippen molar-refractivity contribution in [3.8, 4) is 0 Å². The maximum Gasteiger partial charge on any atom is 0.132 e. The van der Waals surface area contributed by atoms with Crippen LogP contribution in [-0.2, 0) is 4.79 Å². The quantitative estimate of drug-likeness (QED) is 0.271. The van der Waals surface area contributed by atoms with Crippen LogP contribution in [0.4, 0.5) is 0 Å². The molecule has 0 radical (unpaired) electrons. The highest BCUT2D eigenvalue weighted by atomic mass is 16.1. The molecule has 2 saturated carbocycles. The molecule has 0 aromatic rings. The molecule has 2 aliphatic carbocycles. The van der Waals surface area contributed by atoms with Crippen molar-refractivity contribution in [1.29, 1.82) is 0 Å². The van der Waals surface area contributed by atoms with Crippen LogP contribution in [0.3, 0.4) is 0 Å². The fourth-order valence-corrected chi connectivity index (χ4v) is 6.38. The number of rotatable bonds is 14. The number of Topliss-reactive ketones (excluding diaryl/α,β-unsaturated/α-hetero) is 1. The van der Waals surface area contributed by atoms with Crippen molar-refractivity contribution in [2.24, 2.45) is 23.7 Å². The Morgan fingerprint density at radius 3 is 1.57 bits per heavy atom. The summed E-state index contributed by atoms with van der Waals surface area (Å²) in [6.45, 7) is 4.66. The summed E-state index contributed by atoms with van der Waals surface area (Å²) in [4.78, 5) is 12.3. The lowest BCUT2D eigenvalue weighted by Crippen LogP contribution is -2.20. The molecule has 4 unspecified atom stereocenters. The first-order valence-electron chi connectivity index (χ1n) is 13.3. The largest absolute Gasteiger partial charge is 0.300 e. The number of carbonyl (C=O) groups is 1. The normalized spacial score (nSPS) is 28.4. The van der Waals surface area contributed by atoms with E-state index in [0.717, 1.165) is 42.9 Å². The zero-order chi connectivity index (χ0) is 20.0. The van der Waals surface area contributed by atoms with Crippen molar-refractivity contribution in [3.05, 3.63) is 0 Å². The van der Waals surface area contributed by atoms with Crippen LogP contribution in [0.5, 0.6) is 0 Å². The van der Waals surface area contributed by atoms with Gasteiger partial charge in [0.1, 0.15) is 5.78 Å². The average Bonchev–Trinajstić information content (AvgIpc) is 2.71. The molecule has 2 fully saturated rings. The van der Waals surface area contributed by atoms with Crippen LogP contribution in [-0.4, -0.2) is 5.78 Å². The van der Waals surface area contributed by atoms with Crippen LogP contribution < -0.4 is 0 Å². The van der Waals surface area contributed by atoms with E-state index in [4.69, 9.17) is 0 Å². The molecule has 0 aromatic heterocycles. The summed E-state index contributed by atoms with van der Waals surface area (Å²) in [6, 6.07) is 0. The fourth-order valence-electron chi connectivity index (χ4n) is 6.38. The van der Waals surface area contributed by atoms with Crippen LogP contribution in [0.25, 0.3) is 0 Å². The van der Waals surface area contributed by atoms with Crippen molar-refractivity contribution >= 4 is 5.78 Å². The van der Waals surface area contributed by atoms with Crippen LogP contribution in [0.2, 0.25) is 0 Å². The van der Waals surface area contributed by atoms with Crippen molar-refractivity contribution in [3.63, 3.8) is 0 Å². The van der Waals surface area contributed by atoms with Gasteiger partial charge in [0.05, 0.1) is 0 Å². The minimum absolute atomic E-state index is 0.552. The smallest absolute Gasteiger partial charge is 0.132 e. The third-order valence-corrected chi connectivity index (χ3v) is 8.03. The first-order chi connectivity index (χ1) is 13.7. The Kier molecular flexibility index (Phi) is 12.5. The van der Waals surface area contributed by atoms with E-state index in [0.29, 0.717) is 5.78 Å². The van der Waals surface area contributed by atoms with Gasteiger partial charge in [-0.25, -0.2) is 0 Å². The molecular weight excluding hydrogens is 340 g/mol. The third-order valence-electron chi connectivity index (χ3n) is 8.03. The Bertz CT molecular complexity index is 397. The van der Waals surface area contributed by atoms with E-state index < -0.39 is 0 Å². The van der Waals surface area contributed by atoms with Crippen LogP contribution in [0.1, 0.15) is 142 Å². The minimum atomic E-state index is 0.552. The summed E-state index contributed by atoms with van der Waals surface area (Å²) in [6.07, 6.45) is 26.6. The number of hydrogen-bond donors (Lipinski definition) is 0. The van der Waals surface area contributed by atoms with Gasteiger partial charge in [0.15, 0.2) is 0 Å². The van der Waals surface area contributed by atoms with Gasteiger partial charge >= 0.3 is 0 Å². The first kappa shape index (κ1) is 23.9. The van der Waals surface area contributed by atoms with E-state index in [-0.39, 0.29) is 0 Å². The lowest BCUT2D eigenvalue weighted by Gasteiger charge is -2.31. The molecule has 0 saturated heterocycles. The van der Waals surface area contributed by atoms with Crippen LogP contribution >= 0.6 is 0 Å². The summed E-state index contributed by atoms with van der Waals surface area (Å²) in [7, 11) is 0. The summed E-state index contributed by atoms with van der Waals surface area (Å²) >= 11 is 0. The molecule has 28 heavy (non-hydrogen) atoms. The Balaban J connectivity index is 1.50. The van der Waals surface area contributed by atoms with E-state index >= 15 is 0 Å². The van der Waals surface area contributed by atoms with Crippen LogP contribution in [0.15, 0.2) is 0 Å². The van der Waals surface area contributed by atoms with Crippen LogP contribution in [0, 0.1) is 23.7 Å². The number of carbonyl (C=O) groups excluding carboxylic acids is 1. The maximum atomic E-state index is 12.3. The molecule has 0 heterocycles. The molecular formula is C27H50O. The van der Waals surface area contributed by atoms with E-state index in [1.165, 1.54) is 109 Å². The Morgan fingerprint density at radius 1 is 0.571 bits per heavy atom. The molecule has 0 spiro atoms. The Labute approximate surface area is 176 Å². The molecule has 0 bridgehead atoms. The average molecular weight is 391 g/mol. The van der Waals surface area contributed by atoms with Gasteiger partial charge in [-0.3, -0.25) is 4.79 Å². The molecule has 0 aromatic carbocycles. The SMILES string of the molecule is CCCC1CCCCC1CCCCCCC(=O)CCC1CCCCC1CCC. The first-order valence-corrected chi connectivity index (χ1v) is 13.3. The molecule has 1 heteroatoms. The van der Waals surface area contributed by atoms with Gasteiger partial charge in [-0.15, -0.1) is 0 Å². The van der Waals surface area contributed by atoms with Gasteiger partial charge in [0.25, 0.3) is 0 Å². The minimum Gasteiger partial charge on any atom is -0.300 e. The van der Waals surface area contributed by atoms with Gasteiger partial charge in [-0.1, -0.05) is 117 Å². The molecule has 0 aliphatic heterocycles. The lowest BCUT2D eigenvalue weighted by atomic mass is 9.74. The molecule has 164 valence electrons. The van der Waals surface area contributed by atoms with E-state index in [1.54, 1.807) is 0 Å². The number of unbranched alkanes of at least 4 members (excludes halogenated alkanes) is 3. The molecule has 2 rings (SSSR count). The second-order valence-corrected chi connectivity index (χ2v) is 10.2. The number of hydrogen-bond acceptors (Lipinski definition) is 1. The summed E-state index contributed by atoms with van der Waals surface area (Å²) in [5.74, 6) is 4.36.